The Morgan fingerprint density at radius 2 is 2.05 bits per heavy atom. The van der Waals surface area contributed by atoms with Gasteiger partial charge >= 0.3 is 0 Å². The first-order chi connectivity index (χ1) is 10.2. The van der Waals surface area contributed by atoms with Gasteiger partial charge < -0.3 is 4.74 Å². The second-order valence-electron chi connectivity index (χ2n) is 4.61. The van der Waals surface area contributed by atoms with E-state index in [1.165, 1.54) is 24.1 Å². The number of carbonyl (C=O) groups is 1. The summed E-state index contributed by atoms with van der Waals surface area (Å²) in [6.45, 7) is 0. The number of methoxy groups -OCH3 is 1. The molecule has 0 bridgehead atoms. The molecule has 1 heterocycles. The molecule has 0 aromatic heterocycles. The lowest BCUT2D eigenvalue weighted by atomic mass is 10.1. The van der Waals surface area contributed by atoms with Crippen LogP contribution in [-0.2, 0) is 0 Å². The molecule has 0 spiro atoms. The summed E-state index contributed by atoms with van der Waals surface area (Å²) >= 11 is 0. The van der Waals surface area contributed by atoms with Crippen LogP contribution in [0.4, 0.5) is 10.1 Å². The summed E-state index contributed by atoms with van der Waals surface area (Å²) < 4.78 is 19.0. The summed E-state index contributed by atoms with van der Waals surface area (Å²) in [7, 11) is 1.51. The molecule has 2 aromatic carbocycles. The molecule has 3 rings (SSSR count). The van der Waals surface area contributed by atoms with Gasteiger partial charge in [0.1, 0.15) is 11.6 Å². The Hall–Kier alpha value is -2.87. The Morgan fingerprint density at radius 3 is 2.76 bits per heavy atom. The number of hydrogen-bond acceptors (Lipinski definition) is 3. The summed E-state index contributed by atoms with van der Waals surface area (Å²) in [5.41, 5.74) is 0.860. The zero-order valence-corrected chi connectivity index (χ0v) is 11.2. The lowest BCUT2D eigenvalue weighted by Gasteiger charge is -2.20. The Labute approximate surface area is 121 Å². The first-order valence-corrected chi connectivity index (χ1v) is 6.33. The van der Waals surface area contributed by atoms with Crippen LogP contribution in [0.3, 0.4) is 0 Å². The van der Waals surface area contributed by atoms with Crippen molar-refractivity contribution in [2.75, 3.05) is 12.0 Å². The average molecular weight is 282 g/mol. The lowest BCUT2D eigenvalue weighted by molar-refractivity contribution is 0.0991. The number of ether oxygens (including phenoxy) is 1. The van der Waals surface area contributed by atoms with E-state index < -0.39 is 17.8 Å². The third-order valence-electron chi connectivity index (χ3n) is 3.49. The van der Waals surface area contributed by atoms with E-state index in [1.807, 2.05) is 0 Å². The Bertz CT molecular complexity index is 767. The summed E-state index contributed by atoms with van der Waals surface area (Å²) in [4.78, 5) is 13.8. The minimum Gasteiger partial charge on any atom is -0.497 e. The predicted octanol–water partition coefficient (Wildman–Crippen LogP) is 3.06. The molecule has 0 radical (unpaired) electrons. The SMILES string of the molecule is COc1cccc(N2C(=O)c3c(F)cccc3C2C#N)c1. The number of hydrogen-bond donors (Lipinski definition) is 0. The molecule has 21 heavy (non-hydrogen) atoms. The fourth-order valence-corrected chi connectivity index (χ4v) is 2.53. The molecule has 0 saturated heterocycles. The fourth-order valence-electron chi connectivity index (χ4n) is 2.53. The highest BCUT2D eigenvalue weighted by molar-refractivity contribution is 6.11. The highest BCUT2D eigenvalue weighted by Gasteiger charge is 2.39. The highest BCUT2D eigenvalue weighted by atomic mass is 19.1. The lowest BCUT2D eigenvalue weighted by Crippen LogP contribution is -2.27. The average Bonchev–Trinajstić information content (AvgIpc) is 2.80. The number of carbonyl (C=O) groups excluding carboxylic acids is 1. The molecule has 104 valence electrons. The van der Waals surface area contributed by atoms with E-state index in [4.69, 9.17) is 4.74 Å². The second kappa shape index (κ2) is 4.91. The van der Waals surface area contributed by atoms with Crippen molar-refractivity contribution in [2.45, 2.75) is 6.04 Å². The number of benzene rings is 2. The molecule has 1 atom stereocenters. The van der Waals surface area contributed by atoms with Crippen molar-refractivity contribution in [3.8, 4) is 11.8 Å². The number of amides is 1. The number of nitrogens with zero attached hydrogens (tertiary/aromatic N) is 2. The molecule has 1 aliphatic rings. The summed E-state index contributed by atoms with van der Waals surface area (Å²) in [6, 6.07) is 12.3. The molecule has 0 fully saturated rings. The molecule has 1 aliphatic heterocycles. The Balaban J connectivity index is 2.15. The van der Waals surface area contributed by atoms with E-state index in [-0.39, 0.29) is 5.56 Å². The van der Waals surface area contributed by atoms with Crippen LogP contribution in [0.5, 0.6) is 5.75 Å². The molecule has 0 N–H and O–H groups in total. The predicted molar refractivity (Wildman–Crippen MR) is 74.6 cm³/mol. The van der Waals surface area contributed by atoms with Crippen molar-refractivity contribution >= 4 is 11.6 Å². The summed E-state index contributed by atoms with van der Waals surface area (Å²) in [6.07, 6.45) is 0. The summed E-state index contributed by atoms with van der Waals surface area (Å²) in [5.74, 6) is -0.556. The maximum atomic E-state index is 13.9. The van der Waals surface area contributed by atoms with E-state index in [0.29, 0.717) is 17.0 Å². The van der Waals surface area contributed by atoms with Gasteiger partial charge in [-0.05, 0) is 18.2 Å². The molecular weight excluding hydrogens is 271 g/mol. The van der Waals surface area contributed by atoms with Gasteiger partial charge in [-0.2, -0.15) is 5.26 Å². The summed E-state index contributed by atoms with van der Waals surface area (Å²) in [5, 5.41) is 9.38. The molecule has 0 saturated carbocycles. The van der Waals surface area contributed by atoms with Crippen molar-refractivity contribution in [1.82, 2.24) is 0 Å². The van der Waals surface area contributed by atoms with Crippen LogP contribution >= 0.6 is 0 Å². The number of nitriles is 1. The van der Waals surface area contributed by atoms with Gasteiger partial charge in [0.2, 0.25) is 0 Å². The van der Waals surface area contributed by atoms with Gasteiger partial charge in [-0.15, -0.1) is 0 Å². The van der Waals surface area contributed by atoms with Crippen LogP contribution in [0, 0.1) is 17.1 Å². The number of halogens is 1. The molecule has 1 amide bonds. The molecule has 4 nitrogen and oxygen atoms in total. The standard InChI is InChI=1S/C16H11FN2O2/c1-21-11-5-2-4-10(8-11)19-14(9-18)12-6-3-7-13(17)15(12)16(19)20/h2-8,14H,1H3. The monoisotopic (exact) mass is 282 g/mol. The van der Waals surface area contributed by atoms with Crippen molar-refractivity contribution in [3.63, 3.8) is 0 Å². The highest BCUT2D eigenvalue weighted by Crippen LogP contribution is 2.38. The zero-order chi connectivity index (χ0) is 15.0. The fraction of sp³-hybridized carbons (Fsp3) is 0.125. The maximum Gasteiger partial charge on any atom is 0.263 e. The van der Waals surface area contributed by atoms with Crippen LogP contribution in [-0.4, -0.2) is 13.0 Å². The van der Waals surface area contributed by atoms with Crippen molar-refractivity contribution in [1.29, 1.82) is 5.26 Å². The minimum atomic E-state index is -0.838. The maximum absolute atomic E-state index is 13.9. The van der Waals surface area contributed by atoms with Crippen LogP contribution in [0.2, 0.25) is 0 Å². The largest absolute Gasteiger partial charge is 0.497 e. The van der Waals surface area contributed by atoms with Crippen molar-refractivity contribution < 1.29 is 13.9 Å². The Kier molecular flexibility index (Phi) is 3.07. The number of fused-ring (bicyclic) bond motifs is 1. The van der Waals surface area contributed by atoms with Gasteiger partial charge in [0.25, 0.3) is 5.91 Å². The Morgan fingerprint density at radius 1 is 1.29 bits per heavy atom. The van der Waals surface area contributed by atoms with Gasteiger partial charge in [0, 0.05) is 17.3 Å². The van der Waals surface area contributed by atoms with Crippen molar-refractivity contribution in [3.05, 3.63) is 59.4 Å². The van der Waals surface area contributed by atoms with Gasteiger partial charge in [0.15, 0.2) is 6.04 Å². The van der Waals surface area contributed by atoms with Gasteiger partial charge in [-0.1, -0.05) is 18.2 Å². The third kappa shape index (κ3) is 1.93. The van der Waals surface area contributed by atoms with Gasteiger partial charge in [0.05, 0.1) is 18.7 Å². The van der Waals surface area contributed by atoms with Crippen LogP contribution in [0.1, 0.15) is 22.0 Å². The first kappa shape index (κ1) is 13.1. The molecule has 0 aliphatic carbocycles. The third-order valence-corrected chi connectivity index (χ3v) is 3.49. The second-order valence-corrected chi connectivity index (χ2v) is 4.61. The molecule has 5 heteroatoms. The molecular formula is C16H11FN2O2. The van der Waals surface area contributed by atoms with Crippen LogP contribution in [0.25, 0.3) is 0 Å². The molecule has 2 aromatic rings. The van der Waals surface area contributed by atoms with E-state index >= 15 is 0 Å². The zero-order valence-electron chi connectivity index (χ0n) is 11.2. The van der Waals surface area contributed by atoms with E-state index in [0.717, 1.165) is 0 Å². The topological polar surface area (TPSA) is 53.3 Å². The smallest absolute Gasteiger partial charge is 0.263 e. The van der Waals surface area contributed by atoms with E-state index in [2.05, 4.69) is 6.07 Å². The van der Waals surface area contributed by atoms with Gasteiger partial charge in [-0.3, -0.25) is 9.69 Å². The number of anilines is 1. The van der Waals surface area contributed by atoms with Crippen LogP contribution < -0.4 is 9.64 Å². The normalized spacial score (nSPS) is 16.5. The molecule has 1 unspecified atom stereocenters. The quantitative estimate of drug-likeness (QED) is 0.850. The van der Waals surface area contributed by atoms with E-state index in [9.17, 15) is 14.4 Å². The van der Waals surface area contributed by atoms with E-state index in [1.54, 1.807) is 30.3 Å². The van der Waals surface area contributed by atoms with Crippen molar-refractivity contribution in [2.24, 2.45) is 0 Å². The van der Waals surface area contributed by atoms with Crippen LogP contribution in [0.15, 0.2) is 42.5 Å². The van der Waals surface area contributed by atoms with Gasteiger partial charge in [-0.25, -0.2) is 4.39 Å². The first-order valence-electron chi connectivity index (χ1n) is 6.33. The minimum absolute atomic E-state index is 0.0353. The number of rotatable bonds is 2.